The van der Waals surface area contributed by atoms with Gasteiger partial charge in [0.25, 0.3) is 0 Å². The molecule has 2 fully saturated rings. The first-order valence-electron chi connectivity index (χ1n) is 7.82. The molecular weight excluding hydrogens is 282 g/mol. The van der Waals surface area contributed by atoms with E-state index in [4.69, 9.17) is 10.8 Å². The second kappa shape index (κ2) is 5.10. The third-order valence-corrected chi connectivity index (χ3v) is 5.49. The molecule has 2 aromatic rings. The SMILES string of the molecule is CCc1cc2c(N(CC3CC3)C3CC3)nc(NN)nc2s1. The van der Waals surface area contributed by atoms with E-state index in [1.807, 2.05) is 0 Å². The summed E-state index contributed by atoms with van der Waals surface area (Å²) < 4.78 is 0. The van der Waals surface area contributed by atoms with E-state index in [9.17, 15) is 0 Å². The van der Waals surface area contributed by atoms with Crippen LogP contribution in [0, 0.1) is 5.92 Å². The molecule has 2 aromatic heterocycles. The quantitative estimate of drug-likeness (QED) is 0.634. The molecule has 0 saturated heterocycles. The first-order valence-corrected chi connectivity index (χ1v) is 8.64. The van der Waals surface area contributed by atoms with Crippen molar-refractivity contribution in [3.05, 3.63) is 10.9 Å². The minimum Gasteiger partial charge on any atom is -0.353 e. The number of thiophene rings is 1. The number of hydrogen-bond acceptors (Lipinski definition) is 6. The van der Waals surface area contributed by atoms with Gasteiger partial charge in [-0.1, -0.05) is 6.92 Å². The molecule has 0 spiro atoms. The number of rotatable bonds is 6. The smallest absolute Gasteiger partial charge is 0.240 e. The summed E-state index contributed by atoms with van der Waals surface area (Å²) in [5.41, 5.74) is 2.63. The molecule has 2 aliphatic carbocycles. The normalized spacial score (nSPS) is 18.2. The largest absolute Gasteiger partial charge is 0.353 e. The van der Waals surface area contributed by atoms with Crippen molar-refractivity contribution in [2.75, 3.05) is 16.9 Å². The topological polar surface area (TPSA) is 67.1 Å². The maximum atomic E-state index is 5.57. The highest BCUT2D eigenvalue weighted by atomic mass is 32.1. The Morgan fingerprint density at radius 2 is 2.14 bits per heavy atom. The molecule has 0 atom stereocenters. The second-order valence-electron chi connectivity index (χ2n) is 6.13. The Balaban J connectivity index is 1.81. The minimum absolute atomic E-state index is 0.531. The van der Waals surface area contributed by atoms with Crippen molar-refractivity contribution in [1.29, 1.82) is 0 Å². The Hall–Kier alpha value is -1.40. The van der Waals surface area contributed by atoms with Gasteiger partial charge < -0.3 is 4.90 Å². The summed E-state index contributed by atoms with van der Waals surface area (Å²) in [5.74, 6) is 8.03. The summed E-state index contributed by atoms with van der Waals surface area (Å²) in [7, 11) is 0. The molecule has 0 bridgehead atoms. The highest BCUT2D eigenvalue weighted by molar-refractivity contribution is 7.18. The Kier molecular flexibility index (Phi) is 3.23. The molecule has 21 heavy (non-hydrogen) atoms. The van der Waals surface area contributed by atoms with Gasteiger partial charge >= 0.3 is 0 Å². The van der Waals surface area contributed by atoms with Gasteiger partial charge in [-0.3, -0.25) is 5.43 Å². The van der Waals surface area contributed by atoms with Gasteiger partial charge in [-0.15, -0.1) is 11.3 Å². The Morgan fingerprint density at radius 1 is 1.33 bits per heavy atom. The Morgan fingerprint density at radius 3 is 2.76 bits per heavy atom. The third kappa shape index (κ3) is 2.58. The van der Waals surface area contributed by atoms with Gasteiger partial charge in [0, 0.05) is 17.5 Å². The lowest BCUT2D eigenvalue weighted by Crippen LogP contribution is -2.29. The number of nitrogens with two attached hydrogens (primary N) is 1. The van der Waals surface area contributed by atoms with Crippen molar-refractivity contribution in [3.8, 4) is 0 Å². The van der Waals surface area contributed by atoms with Crippen LogP contribution in [0.3, 0.4) is 0 Å². The molecule has 3 N–H and O–H groups in total. The summed E-state index contributed by atoms with van der Waals surface area (Å²) in [5, 5.41) is 1.20. The van der Waals surface area contributed by atoms with E-state index in [1.165, 1.54) is 35.9 Å². The molecule has 112 valence electrons. The zero-order chi connectivity index (χ0) is 14.4. The van der Waals surface area contributed by atoms with E-state index in [1.54, 1.807) is 11.3 Å². The summed E-state index contributed by atoms with van der Waals surface area (Å²) >= 11 is 1.75. The molecule has 0 aliphatic heterocycles. The average molecular weight is 303 g/mol. The highest BCUT2D eigenvalue weighted by Gasteiger charge is 2.35. The van der Waals surface area contributed by atoms with Crippen molar-refractivity contribution in [3.63, 3.8) is 0 Å². The maximum Gasteiger partial charge on any atom is 0.240 e. The molecule has 4 rings (SSSR count). The molecule has 6 heteroatoms. The second-order valence-corrected chi connectivity index (χ2v) is 7.24. The van der Waals surface area contributed by atoms with Crippen molar-refractivity contribution in [2.24, 2.45) is 11.8 Å². The van der Waals surface area contributed by atoms with Crippen LogP contribution >= 0.6 is 11.3 Å². The molecule has 0 unspecified atom stereocenters. The number of nitrogens with zero attached hydrogens (tertiary/aromatic N) is 3. The van der Waals surface area contributed by atoms with E-state index in [-0.39, 0.29) is 0 Å². The fraction of sp³-hybridized carbons (Fsp3) is 0.600. The van der Waals surface area contributed by atoms with Crippen LogP contribution in [0.5, 0.6) is 0 Å². The first kappa shape index (κ1) is 13.3. The van der Waals surface area contributed by atoms with Crippen molar-refractivity contribution >= 4 is 33.3 Å². The number of hydrogen-bond donors (Lipinski definition) is 2. The lowest BCUT2D eigenvalue weighted by molar-refractivity contribution is 0.711. The molecule has 2 heterocycles. The van der Waals surface area contributed by atoms with Gasteiger partial charge in [-0.25, -0.2) is 10.8 Å². The highest BCUT2D eigenvalue weighted by Crippen LogP contribution is 2.41. The van der Waals surface area contributed by atoms with Gasteiger partial charge in [0.05, 0.1) is 5.39 Å². The number of fused-ring (bicyclic) bond motifs is 1. The van der Waals surface area contributed by atoms with Crippen LogP contribution in [0.4, 0.5) is 11.8 Å². The summed E-state index contributed by atoms with van der Waals surface area (Å²) in [6, 6.07) is 2.93. The maximum absolute atomic E-state index is 5.57. The number of aromatic nitrogens is 2. The zero-order valence-electron chi connectivity index (χ0n) is 12.3. The van der Waals surface area contributed by atoms with Crippen LogP contribution in [-0.2, 0) is 6.42 Å². The zero-order valence-corrected chi connectivity index (χ0v) is 13.1. The number of aryl methyl sites for hydroxylation is 1. The van der Waals surface area contributed by atoms with Crippen molar-refractivity contribution in [2.45, 2.75) is 45.1 Å². The molecule has 5 nitrogen and oxygen atoms in total. The summed E-state index contributed by atoms with van der Waals surface area (Å²) in [6.07, 6.45) is 6.34. The molecule has 0 radical (unpaired) electrons. The van der Waals surface area contributed by atoms with Crippen LogP contribution in [-0.4, -0.2) is 22.6 Å². The van der Waals surface area contributed by atoms with Crippen molar-refractivity contribution < 1.29 is 0 Å². The monoisotopic (exact) mass is 303 g/mol. The summed E-state index contributed by atoms with van der Waals surface area (Å²) in [6.45, 7) is 3.32. The molecule has 0 amide bonds. The van der Waals surface area contributed by atoms with Crippen molar-refractivity contribution in [1.82, 2.24) is 9.97 Å². The fourth-order valence-corrected chi connectivity index (χ4v) is 3.75. The number of anilines is 2. The minimum atomic E-state index is 0.531. The number of nitrogen functional groups attached to an aromatic ring is 1. The van der Waals surface area contributed by atoms with Gasteiger partial charge in [0.15, 0.2) is 0 Å². The van der Waals surface area contributed by atoms with Crippen LogP contribution in [0.15, 0.2) is 6.07 Å². The van der Waals surface area contributed by atoms with Gasteiger partial charge in [-0.2, -0.15) is 4.98 Å². The Labute approximate surface area is 128 Å². The van der Waals surface area contributed by atoms with E-state index >= 15 is 0 Å². The van der Waals surface area contributed by atoms with E-state index in [0.717, 1.165) is 29.5 Å². The van der Waals surface area contributed by atoms with Gasteiger partial charge in [-0.05, 0) is 44.1 Å². The third-order valence-electron chi connectivity index (χ3n) is 4.31. The van der Waals surface area contributed by atoms with E-state index < -0.39 is 0 Å². The Bertz CT molecular complexity index is 659. The average Bonchev–Trinajstić information content (AvgIpc) is 3.41. The van der Waals surface area contributed by atoms with Gasteiger partial charge in [0.2, 0.25) is 5.95 Å². The fourth-order valence-electron chi connectivity index (χ4n) is 2.79. The number of hydrazine groups is 1. The van der Waals surface area contributed by atoms with E-state index in [2.05, 4.69) is 28.3 Å². The number of nitrogens with one attached hydrogen (secondary N) is 1. The standard InChI is InChI=1S/C15H21N5S/c1-2-11-7-12-13(17-15(19-16)18-14(12)21-11)20(10-5-6-10)8-9-3-4-9/h7,9-10H,2-6,8,16H2,1H3,(H,17,18,19). The molecule has 2 aliphatic rings. The lowest BCUT2D eigenvalue weighted by Gasteiger charge is -2.24. The predicted molar refractivity (Wildman–Crippen MR) is 87.7 cm³/mol. The molecule has 0 aromatic carbocycles. The lowest BCUT2D eigenvalue weighted by atomic mass is 10.2. The molecular formula is C15H21N5S. The predicted octanol–water partition coefficient (Wildman–Crippen LogP) is 2.92. The molecule has 2 saturated carbocycles. The van der Waals surface area contributed by atoms with Crippen LogP contribution in [0.1, 0.15) is 37.5 Å². The first-order chi connectivity index (χ1) is 10.3. The van der Waals surface area contributed by atoms with E-state index in [0.29, 0.717) is 12.0 Å². The summed E-state index contributed by atoms with van der Waals surface area (Å²) in [4.78, 5) is 14.1. The van der Waals surface area contributed by atoms with Gasteiger partial charge in [0.1, 0.15) is 10.6 Å². The van der Waals surface area contributed by atoms with Crippen LogP contribution < -0.4 is 16.2 Å². The van der Waals surface area contributed by atoms with Crippen LogP contribution in [0.2, 0.25) is 0 Å². The van der Waals surface area contributed by atoms with Crippen LogP contribution in [0.25, 0.3) is 10.2 Å².